The number of halogens is 2. The summed E-state index contributed by atoms with van der Waals surface area (Å²) in [4.78, 5) is 4.55. The number of hydrogen-bond acceptors (Lipinski definition) is 2. The molecule has 0 unspecified atom stereocenters. The summed E-state index contributed by atoms with van der Waals surface area (Å²) in [5.41, 5.74) is 3.71. The lowest BCUT2D eigenvalue weighted by molar-refractivity contribution is 1.06. The molecule has 0 atom stereocenters. The Labute approximate surface area is 111 Å². The SMILES string of the molecule is CCc1cc(NC)c2c(Cl)c(C)cc(Cl)c2n1. The predicted octanol–water partition coefficient (Wildman–Crippen LogP) is 4.45. The number of nitrogens with one attached hydrogen (secondary N) is 1. The average Bonchev–Trinajstić information content (AvgIpc) is 2.34. The molecule has 0 radical (unpaired) electrons. The minimum absolute atomic E-state index is 0.647. The molecular formula is C13H14Cl2N2. The van der Waals surface area contributed by atoms with Crippen LogP contribution in [0.5, 0.6) is 0 Å². The Balaban J connectivity index is 2.93. The summed E-state index contributed by atoms with van der Waals surface area (Å²) in [6.45, 7) is 4.01. The van der Waals surface area contributed by atoms with Gasteiger partial charge in [0.05, 0.1) is 15.6 Å². The second-order valence-electron chi connectivity index (χ2n) is 3.98. The smallest absolute Gasteiger partial charge is 0.0927 e. The molecule has 0 aliphatic rings. The van der Waals surface area contributed by atoms with Crippen LogP contribution < -0.4 is 5.32 Å². The number of anilines is 1. The normalized spacial score (nSPS) is 10.9. The molecule has 17 heavy (non-hydrogen) atoms. The van der Waals surface area contributed by atoms with Crippen molar-refractivity contribution < 1.29 is 0 Å². The first-order valence-corrected chi connectivity index (χ1v) is 6.30. The Morgan fingerprint density at radius 1 is 1.29 bits per heavy atom. The van der Waals surface area contributed by atoms with Crippen molar-refractivity contribution in [1.82, 2.24) is 4.98 Å². The van der Waals surface area contributed by atoms with Gasteiger partial charge in [-0.3, -0.25) is 4.98 Å². The van der Waals surface area contributed by atoms with Gasteiger partial charge in [-0.05, 0) is 31.0 Å². The topological polar surface area (TPSA) is 24.9 Å². The van der Waals surface area contributed by atoms with Gasteiger partial charge in [0, 0.05) is 23.8 Å². The van der Waals surface area contributed by atoms with E-state index in [1.165, 1.54) is 0 Å². The summed E-state index contributed by atoms with van der Waals surface area (Å²) in [5, 5.41) is 5.42. The Morgan fingerprint density at radius 3 is 2.59 bits per heavy atom. The fourth-order valence-electron chi connectivity index (χ4n) is 1.89. The highest BCUT2D eigenvalue weighted by molar-refractivity contribution is 6.41. The summed E-state index contributed by atoms with van der Waals surface area (Å²) in [5.74, 6) is 0. The third-order valence-electron chi connectivity index (χ3n) is 2.84. The van der Waals surface area contributed by atoms with Crippen molar-refractivity contribution in [3.8, 4) is 0 Å². The van der Waals surface area contributed by atoms with Crippen molar-refractivity contribution in [1.29, 1.82) is 0 Å². The lowest BCUT2D eigenvalue weighted by Gasteiger charge is -2.12. The molecule has 2 aromatic rings. The van der Waals surface area contributed by atoms with E-state index < -0.39 is 0 Å². The zero-order valence-corrected chi connectivity index (χ0v) is 11.6. The van der Waals surface area contributed by atoms with Crippen LogP contribution in [0.2, 0.25) is 10.0 Å². The molecule has 1 aromatic carbocycles. The molecule has 0 amide bonds. The Bertz CT molecular complexity index is 579. The molecule has 1 heterocycles. The quantitative estimate of drug-likeness (QED) is 0.870. The van der Waals surface area contributed by atoms with Crippen molar-refractivity contribution >= 4 is 39.8 Å². The number of aromatic nitrogens is 1. The van der Waals surface area contributed by atoms with Crippen LogP contribution in [0.4, 0.5) is 5.69 Å². The summed E-state index contributed by atoms with van der Waals surface area (Å²) in [7, 11) is 1.88. The van der Waals surface area contributed by atoms with Gasteiger partial charge in [-0.25, -0.2) is 0 Å². The van der Waals surface area contributed by atoms with Crippen LogP contribution in [0.3, 0.4) is 0 Å². The molecule has 0 aliphatic heterocycles. The molecule has 90 valence electrons. The highest BCUT2D eigenvalue weighted by Crippen LogP contribution is 2.36. The average molecular weight is 269 g/mol. The van der Waals surface area contributed by atoms with Crippen LogP contribution in [0, 0.1) is 6.92 Å². The van der Waals surface area contributed by atoms with Crippen molar-refractivity contribution in [2.45, 2.75) is 20.3 Å². The highest BCUT2D eigenvalue weighted by Gasteiger charge is 2.13. The highest BCUT2D eigenvalue weighted by atomic mass is 35.5. The van der Waals surface area contributed by atoms with Gasteiger partial charge in [0.2, 0.25) is 0 Å². The van der Waals surface area contributed by atoms with E-state index in [2.05, 4.69) is 17.2 Å². The molecular weight excluding hydrogens is 255 g/mol. The first-order valence-electron chi connectivity index (χ1n) is 5.54. The molecule has 2 nitrogen and oxygen atoms in total. The Hall–Kier alpha value is -0.990. The standard InChI is InChI=1S/C13H14Cl2N2/c1-4-8-6-10(16-3)11-12(15)7(2)5-9(14)13(11)17-8/h5-6H,4H2,1-3H3,(H,16,17). The zero-order chi connectivity index (χ0) is 12.6. The molecule has 0 bridgehead atoms. The minimum atomic E-state index is 0.647. The molecule has 0 fully saturated rings. The van der Waals surface area contributed by atoms with Crippen molar-refractivity contribution in [3.63, 3.8) is 0 Å². The van der Waals surface area contributed by atoms with Gasteiger partial charge in [-0.1, -0.05) is 30.1 Å². The van der Waals surface area contributed by atoms with Crippen LogP contribution in [-0.4, -0.2) is 12.0 Å². The van der Waals surface area contributed by atoms with Crippen molar-refractivity contribution in [3.05, 3.63) is 33.4 Å². The predicted molar refractivity (Wildman–Crippen MR) is 75.4 cm³/mol. The maximum absolute atomic E-state index is 6.34. The van der Waals surface area contributed by atoms with E-state index in [-0.39, 0.29) is 0 Å². The van der Waals surface area contributed by atoms with Gasteiger partial charge in [-0.2, -0.15) is 0 Å². The van der Waals surface area contributed by atoms with Gasteiger partial charge in [0.15, 0.2) is 0 Å². The van der Waals surface area contributed by atoms with E-state index in [1.54, 1.807) is 0 Å². The third-order valence-corrected chi connectivity index (χ3v) is 3.61. The van der Waals surface area contributed by atoms with Crippen LogP contribution in [-0.2, 0) is 6.42 Å². The van der Waals surface area contributed by atoms with E-state index in [4.69, 9.17) is 23.2 Å². The molecule has 0 spiro atoms. The second kappa shape index (κ2) is 4.71. The number of fused-ring (bicyclic) bond motifs is 1. The fraction of sp³-hybridized carbons (Fsp3) is 0.308. The van der Waals surface area contributed by atoms with E-state index in [0.717, 1.165) is 34.3 Å². The number of nitrogens with zero attached hydrogens (tertiary/aromatic N) is 1. The molecule has 2 rings (SSSR count). The number of hydrogen-bond donors (Lipinski definition) is 1. The van der Waals surface area contributed by atoms with Gasteiger partial charge < -0.3 is 5.32 Å². The number of aryl methyl sites for hydroxylation is 2. The van der Waals surface area contributed by atoms with E-state index in [1.807, 2.05) is 26.1 Å². The molecule has 1 aromatic heterocycles. The first-order chi connectivity index (χ1) is 8.08. The van der Waals surface area contributed by atoms with Gasteiger partial charge in [0.25, 0.3) is 0 Å². The molecule has 0 saturated heterocycles. The zero-order valence-electron chi connectivity index (χ0n) is 10.1. The third kappa shape index (κ3) is 2.07. The number of pyridine rings is 1. The van der Waals surface area contributed by atoms with Gasteiger partial charge in [0.1, 0.15) is 0 Å². The number of benzene rings is 1. The van der Waals surface area contributed by atoms with Crippen LogP contribution >= 0.6 is 23.2 Å². The summed E-state index contributed by atoms with van der Waals surface area (Å²) < 4.78 is 0. The van der Waals surface area contributed by atoms with Crippen LogP contribution in [0.1, 0.15) is 18.2 Å². The summed E-state index contributed by atoms with van der Waals surface area (Å²) >= 11 is 12.6. The lowest BCUT2D eigenvalue weighted by atomic mass is 10.1. The molecule has 0 saturated carbocycles. The summed E-state index contributed by atoms with van der Waals surface area (Å²) in [6.07, 6.45) is 0.868. The lowest BCUT2D eigenvalue weighted by Crippen LogP contribution is -1.97. The monoisotopic (exact) mass is 268 g/mol. The van der Waals surface area contributed by atoms with E-state index in [9.17, 15) is 0 Å². The largest absolute Gasteiger partial charge is 0.387 e. The van der Waals surface area contributed by atoms with E-state index >= 15 is 0 Å². The minimum Gasteiger partial charge on any atom is -0.387 e. The molecule has 4 heteroatoms. The van der Waals surface area contributed by atoms with Crippen LogP contribution in [0.15, 0.2) is 12.1 Å². The number of rotatable bonds is 2. The van der Waals surface area contributed by atoms with Crippen molar-refractivity contribution in [2.75, 3.05) is 12.4 Å². The maximum atomic E-state index is 6.34. The van der Waals surface area contributed by atoms with Gasteiger partial charge in [-0.15, -0.1) is 0 Å². The van der Waals surface area contributed by atoms with Crippen LogP contribution in [0.25, 0.3) is 10.9 Å². The molecule has 0 aliphatic carbocycles. The van der Waals surface area contributed by atoms with Gasteiger partial charge >= 0.3 is 0 Å². The molecule has 1 N–H and O–H groups in total. The summed E-state index contributed by atoms with van der Waals surface area (Å²) in [6, 6.07) is 3.88. The second-order valence-corrected chi connectivity index (χ2v) is 4.76. The first kappa shape index (κ1) is 12.5. The maximum Gasteiger partial charge on any atom is 0.0927 e. The van der Waals surface area contributed by atoms with E-state index in [0.29, 0.717) is 10.0 Å². The Morgan fingerprint density at radius 2 is 2.00 bits per heavy atom. The Kier molecular flexibility index (Phi) is 3.45. The fourth-order valence-corrected chi connectivity index (χ4v) is 2.44. The van der Waals surface area contributed by atoms with Crippen molar-refractivity contribution in [2.24, 2.45) is 0 Å².